The highest BCUT2D eigenvalue weighted by atomic mass is 16.5. The summed E-state index contributed by atoms with van der Waals surface area (Å²) in [5.74, 6) is 0.796. The number of ether oxygens (including phenoxy) is 1. The van der Waals surface area contributed by atoms with Crippen molar-refractivity contribution in [2.45, 2.75) is 34.3 Å². The molecule has 0 bridgehead atoms. The molecule has 0 spiro atoms. The average Bonchev–Trinajstić information content (AvgIpc) is 2.25. The van der Waals surface area contributed by atoms with E-state index in [1.54, 1.807) is 0 Å². The van der Waals surface area contributed by atoms with Crippen LogP contribution in [0.2, 0.25) is 0 Å². The van der Waals surface area contributed by atoms with Crippen molar-refractivity contribution in [3.8, 4) is 5.75 Å². The van der Waals surface area contributed by atoms with Crippen LogP contribution >= 0.6 is 0 Å². The van der Waals surface area contributed by atoms with Crippen LogP contribution in [0.3, 0.4) is 0 Å². The van der Waals surface area contributed by atoms with E-state index in [2.05, 4.69) is 38.1 Å². The summed E-state index contributed by atoms with van der Waals surface area (Å²) in [4.78, 5) is 0. The summed E-state index contributed by atoms with van der Waals surface area (Å²) in [6.45, 7) is 8.82. The van der Waals surface area contributed by atoms with E-state index in [0.717, 1.165) is 16.9 Å². The summed E-state index contributed by atoms with van der Waals surface area (Å²) in [6.07, 6.45) is 0. The summed E-state index contributed by atoms with van der Waals surface area (Å²) in [5.41, 5.74) is 12.7. The number of hydrogen-bond donors (Lipinski definition) is 1. The molecule has 0 heterocycles. The number of hydrogen-bond acceptors (Lipinski definition) is 2. The van der Waals surface area contributed by atoms with Crippen molar-refractivity contribution >= 4 is 5.69 Å². The van der Waals surface area contributed by atoms with Gasteiger partial charge in [0.1, 0.15) is 12.4 Å². The molecule has 0 radical (unpaired) electrons. The monoisotopic (exact) mass is 255 g/mol. The predicted octanol–water partition coefficient (Wildman–Crippen LogP) is 4.08. The number of nitrogen functional groups attached to an aromatic ring is 1. The van der Waals surface area contributed by atoms with Crippen molar-refractivity contribution in [3.05, 3.63) is 58.1 Å². The van der Waals surface area contributed by atoms with Crippen LogP contribution in [0.1, 0.15) is 27.8 Å². The average molecular weight is 255 g/mol. The molecule has 0 saturated carbocycles. The summed E-state index contributed by atoms with van der Waals surface area (Å²) in [6, 6.07) is 10.5. The maximum atomic E-state index is 6.02. The third kappa shape index (κ3) is 3.28. The molecule has 0 saturated heterocycles. The Morgan fingerprint density at radius 3 is 2.00 bits per heavy atom. The van der Waals surface area contributed by atoms with Gasteiger partial charge in [0.05, 0.1) is 5.69 Å². The molecule has 0 aliphatic carbocycles. The molecule has 2 aromatic carbocycles. The fourth-order valence-corrected chi connectivity index (χ4v) is 2.49. The molecule has 0 aliphatic heterocycles. The minimum absolute atomic E-state index is 0.552. The molecule has 2 aromatic rings. The Balaban J connectivity index is 2.19. The van der Waals surface area contributed by atoms with E-state index in [0.29, 0.717) is 12.3 Å². The van der Waals surface area contributed by atoms with Crippen molar-refractivity contribution < 1.29 is 4.74 Å². The lowest BCUT2D eigenvalue weighted by Gasteiger charge is -2.13. The number of benzene rings is 2. The van der Waals surface area contributed by atoms with E-state index in [9.17, 15) is 0 Å². The SMILES string of the molecule is Cc1cc(C)cc(COc2c(C)cc(C)cc2N)c1. The highest BCUT2D eigenvalue weighted by Crippen LogP contribution is 2.28. The van der Waals surface area contributed by atoms with Crippen LogP contribution in [0, 0.1) is 27.7 Å². The Morgan fingerprint density at radius 1 is 0.842 bits per heavy atom. The van der Waals surface area contributed by atoms with Gasteiger partial charge in [0.25, 0.3) is 0 Å². The third-order valence-corrected chi connectivity index (χ3v) is 3.11. The molecule has 100 valence electrons. The summed E-state index contributed by atoms with van der Waals surface area (Å²) in [7, 11) is 0. The fourth-order valence-electron chi connectivity index (χ4n) is 2.49. The van der Waals surface area contributed by atoms with Crippen LogP contribution in [0.25, 0.3) is 0 Å². The van der Waals surface area contributed by atoms with E-state index in [4.69, 9.17) is 10.5 Å². The van der Waals surface area contributed by atoms with Gasteiger partial charge in [-0.05, 0) is 50.5 Å². The molecular formula is C17H21NO. The highest BCUT2D eigenvalue weighted by molar-refractivity contribution is 5.58. The number of anilines is 1. The van der Waals surface area contributed by atoms with Gasteiger partial charge in [-0.15, -0.1) is 0 Å². The van der Waals surface area contributed by atoms with Gasteiger partial charge in [-0.3, -0.25) is 0 Å². The topological polar surface area (TPSA) is 35.2 Å². The maximum Gasteiger partial charge on any atom is 0.145 e. The Labute approximate surface area is 115 Å². The Kier molecular flexibility index (Phi) is 3.79. The van der Waals surface area contributed by atoms with E-state index in [-0.39, 0.29) is 0 Å². The molecular weight excluding hydrogens is 234 g/mol. The normalized spacial score (nSPS) is 10.5. The zero-order chi connectivity index (χ0) is 14.0. The van der Waals surface area contributed by atoms with E-state index < -0.39 is 0 Å². The van der Waals surface area contributed by atoms with Gasteiger partial charge >= 0.3 is 0 Å². The van der Waals surface area contributed by atoms with Gasteiger partial charge in [0.2, 0.25) is 0 Å². The quantitative estimate of drug-likeness (QED) is 0.839. The Bertz CT molecular complexity index is 559. The van der Waals surface area contributed by atoms with Crippen molar-refractivity contribution in [1.82, 2.24) is 0 Å². The predicted molar refractivity (Wildman–Crippen MR) is 80.6 cm³/mol. The molecule has 2 N–H and O–H groups in total. The Hall–Kier alpha value is -1.96. The first-order valence-corrected chi connectivity index (χ1v) is 6.52. The smallest absolute Gasteiger partial charge is 0.145 e. The first kappa shape index (κ1) is 13.5. The molecule has 0 fully saturated rings. The summed E-state index contributed by atoms with van der Waals surface area (Å²) >= 11 is 0. The highest BCUT2D eigenvalue weighted by Gasteiger charge is 2.06. The van der Waals surface area contributed by atoms with Crippen molar-refractivity contribution in [1.29, 1.82) is 0 Å². The largest absolute Gasteiger partial charge is 0.486 e. The van der Waals surface area contributed by atoms with Gasteiger partial charge in [-0.25, -0.2) is 0 Å². The van der Waals surface area contributed by atoms with Crippen LogP contribution < -0.4 is 10.5 Å². The van der Waals surface area contributed by atoms with Gasteiger partial charge in [-0.1, -0.05) is 35.4 Å². The Morgan fingerprint density at radius 2 is 1.42 bits per heavy atom. The van der Waals surface area contributed by atoms with Crippen LogP contribution in [0.15, 0.2) is 30.3 Å². The number of rotatable bonds is 3. The molecule has 2 rings (SSSR count). The molecule has 0 aromatic heterocycles. The molecule has 2 nitrogen and oxygen atoms in total. The lowest BCUT2D eigenvalue weighted by atomic mass is 10.1. The third-order valence-electron chi connectivity index (χ3n) is 3.11. The summed E-state index contributed by atoms with van der Waals surface area (Å²) < 4.78 is 5.89. The lowest BCUT2D eigenvalue weighted by Crippen LogP contribution is -2.01. The molecule has 0 atom stereocenters. The van der Waals surface area contributed by atoms with Gasteiger partial charge in [-0.2, -0.15) is 0 Å². The standard InChI is InChI=1S/C17H21NO/c1-11-5-12(2)8-15(7-11)10-19-17-14(4)6-13(3)9-16(17)18/h5-9H,10,18H2,1-4H3. The fraction of sp³-hybridized carbons (Fsp3) is 0.294. The maximum absolute atomic E-state index is 6.02. The van der Waals surface area contributed by atoms with Crippen molar-refractivity contribution in [3.63, 3.8) is 0 Å². The second kappa shape index (κ2) is 5.35. The van der Waals surface area contributed by atoms with Gasteiger partial charge in [0.15, 0.2) is 0 Å². The van der Waals surface area contributed by atoms with Crippen molar-refractivity contribution in [2.24, 2.45) is 0 Å². The minimum Gasteiger partial charge on any atom is -0.486 e. The molecule has 0 amide bonds. The van der Waals surface area contributed by atoms with Crippen LogP contribution in [0.5, 0.6) is 5.75 Å². The van der Waals surface area contributed by atoms with Crippen LogP contribution in [0.4, 0.5) is 5.69 Å². The first-order valence-electron chi connectivity index (χ1n) is 6.52. The zero-order valence-corrected chi connectivity index (χ0v) is 12.1. The molecule has 19 heavy (non-hydrogen) atoms. The summed E-state index contributed by atoms with van der Waals surface area (Å²) in [5, 5.41) is 0. The van der Waals surface area contributed by atoms with Crippen LogP contribution in [-0.4, -0.2) is 0 Å². The van der Waals surface area contributed by atoms with E-state index in [1.165, 1.54) is 16.7 Å². The molecule has 0 unspecified atom stereocenters. The number of nitrogens with two attached hydrogens (primary N) is 1. The zero-order valence-electron chi connectivity index (χ0n) is 12.1. The second-order valence-corrected chi connectivity index (χ2v) is 5.28. The van der Waals surface area contributed by atoms with E-state index >= 15 is 0 Å². The van der Waals surface area contributed by atoms with Crippen molar-refractivity contribution in [2.75, 3.05) is 5.73 Å². The van der Waals surface area contributed by atoms with Gasteiger partial charge in [0, 0.05) is 0 Å². The first-order chi connectivity index (χ1) is 8.95. The second-order valence-electron chi connectivity index (χ2n) is 5.28. The molecule has 2 heteroatoms. The van der Waals surface area contributed by atoms with Crippen LogP contribution in [-0.2, 0) is 6.61 Å². The van der Waals surface area contributed by atoms with Gasteiger partial charge < -0.3 is 10.5 Å². The lowest BCUT2D eigenvalue weighted by molar-refractivity contribution is 0.305. The molecule has 0 aliphatic rings. The minimum atomic E-state index is 0.552. The number of aryl methyl sites for hydroxylation is 4. The van der Waals surface area contributed by atoms with E-state index in [1.807, 2.05) is 19.9 Å².